The molecule has 0 aromatic heterocycles. The highest BCUT2D eigenvalue weighted by molar-refractivity contribution is 5.93. The summed E-state index contributed by atoms with van der Waals surface area (Å²) in [7, 11) is 0. The third kappa shape index (κ3) is 3.38. The number of likely N-dealkylation sites (tertiary alicyclic amines) is 1. The predicted molar refractivity (Wildman–Crippen MR) is 68.9 cm³/mol. The van der Waals surface area contributed by atoms with E-state index in [1.165, 1.54) is 5.56 Å². The summed E-state index contributed by atoms with van der Waals surface area (Å²) in [6.45, 7) is 4.72. The highest BCUT2D eigenvalue weighted by atomic mass is 16.1. The lowest BCUT2D eigenvalue weighted by molar-refractivity contribution is 0.101. The summed E-state index contributed by atoms with van der Waals surface area (Å²) >= 11 is 0. The van der Waals surface area contributed by atoms with Crippen molar-refractivity contribution in [2.45, 2.75) is 32.4 Å². The Morgan fingerprint density at radius 3 is 2.41 bits per heavy atom. The molecule has 1 fully saturated rings. The van der Waals surface area contributed by atoms with Crippen LogP contribution in [0.2, 0.25) is 0 Å². The molecule has 0 amide bonds. The molecule has 0 unspecified atom stereocenters. The van der Waals surface area contributed by atoms with Gasteiger partial charge in [-0.05, 0) is 38.4 Å². The van der Waals surface area contributed by atoms with E-state index in [2.05, 4.69) is 4.90 Å². The highest BCUT2D eigenvalue weighted by Gasteiger charge is 2.15. The molecule has 0 aliphatic carbocycles. The zero-order valence-electron chi connectivity index (χ0n) is 10.4. The number of carbonyl (C=O) groups is 1. The molecule has 0 radical (unpaired) electrons. The zero-order chi connectivity index (χ0) is 12.3. The molecule has 2 N–H and O–H groups in total. The molecule has 3 nitrogen and oxygen atoms in total. The molecule has 0 bridgehead atoms. The molecule has 0 atom stereocenters. The van der Waals surface area contributed by atoms with Crippen LogP contribution in [0.1, 0.15) is 35.7 Å². The fraction of sp³-hybridized carbons (Fsp3) is 0.500. The second-order valence-corrected chi connectivity index (χ2v) is 4.87. The summed E-state index contributed by atoms with van der Waals surface area (Å²) < 4.78 is 0. The van der Waals surface area contributed by atoms with Crippen molar-refractivity contribution in [3.8, 4) is 0 Å². The number of nitrogens with zero attached hydrogens (tertiary/aromatic N) is 1. The standard InChI is InChI=1S/C14H20N2O/c1-11(17)13-4-2-12(3-5-13)10-16-8-6-14(15)7-9-16/h2-5,14H,6-10,15H2,1H3. The molecule has 2 rings (SSSR count). The van der Waals surface area contributed by atoms with Gasteiger partial charge in [-0.1, -0.05) is 24.3 Å². The number of benzene rings is 1. The van der Waals surface area contributed by atoms with Gasteiger partial charge in [0.1, 0.15) is 0 Å². The van der Waals surface area contributed by atoms with Crippen molar-refractivity contribution in [1.29, 1.82) is 0 Å². The quantitative estimate of drug-likeness (QED) is 0.808. The van der Waals surface area contributed by atoms with Crippen LogP contribution < -0.4 is 5.73 Å². The maximum absolute atomic E-state index is 11.2. The average molecular weight is 232 g/mol. The first kappa shape index (κ1) is 12.3. The maximum atomic E-state index is 11.2. The number of hydrogen-bond donors (Lipinski definition) is 1. The molecule has 1 aliphatic heterocycles. The van der Waals surface area contributed by atoms with E-state index in [1.54, 1.807) is 6.92 Å². The number of nitrogens with two attached hydrogens (primary N) is 1. The van der Waals surface area contributed by atoms with Crippen molar-refractivity contribution in [2.24, 2.45) is 5.73 Å². The van der Waals surface area contributed by atoms with E-state index in [1.807, 2.05) is 24.3 Å². The smallest absolute Gasteiger partial charge is 0.159 e. The predicted octanol–water partition coefficient (Wildman–Crippen LogP) is 1.81. The third-order valence-electron chi connectivity index (χ3n) is 3.40. The molecule has 0 spiro atoms. The number of carbonyl (C=O) groups excluding carboxylic acids is 1. The summed E-state index contributed by atoms with van der Waals surface area (Å²) in [5.74, 6) is 0.125. The summed E-state index contributed by atoms with van der Waals surface area (Å²) in [4.78, 5) is 13.6. The first-order valence-corrected chi connectivity index (χ1v) is 6.23. The molecule has 1 aromatic rings. The van der Waals surface area contributed by atoms with Crippen molar-refractivity contribution < 1.29 is 4.79 Å². The van der Waals surface area contributed by atoms with Gasteiger partial charge >= 0.3 is 0 Å². The molecule has 1 aliphatic rings. The molecular formula is C14H20N2O. The number of ketones is 1. The fourth-order valence-electron chi connectivity index (χ4n) is 2.21. The Bertz CT molecular complexity index is 378. The Morgan fingerprint density at radius 2 is 1.88 bits per heavy atom. The molecule has 92 valence electrons. The van der Waals surface area contributed by atoms with E-state index in [0.29, 0.717) is 6.04 Å². The maximum Gasteiger partial charge on any atom is 0.159 e. The van der Waals surface area contributed by atoms with Crippen LogP contribution in [0.15, 0.2) is 24.3 Å². The number of hydrogen-bond acceptors (Lipinski definition) is 3. The van der Waals surface area contributed by atoms with Gasteiger partial charge in [0.2, 0.25) is 0 Å². The molecule has 1 heterocycles. The molecule has 0 saturated carbocycles. The van der Waals surface area contributed by atoms with Crippen LogP contribution in [0.25, 0.3) is 0 Å². The SMILES string of the molecule is CC(=O)c1ccc(CN2CCC(N)CC2)cc1. The van der Waals surface area contributed by atoms with Crippen LogP contribution >= 0.6 is 0 Å². The molecular weight excluding hydrogens is 212 g/mol. The van der Waals surface area contributed by atoms with E-state index in [0.717, 1.165) is 38.0 Å². The summed E-state index contributed by atoms with van der Waals surface area (Å²) in [6.07, 6.45) is 2.18. The van der Waals surface area contributed by atoms with Gasteiger partial charge in [-0.15, -0.1) is 0 Å². The van der Waals surface area contributed by atoms with Gasteiger partial charge in [-0.2, -0.15) is 0 Å². The molecule has 17 heavy (non-hydrogen) atoms. The minimum absolute atomic E-state index is 0.125. The number of piperidine rings is 1. The topological polar surface area (TPSA) is 46.3 Å². The Labute approximate surface area is 103 Å². The average Bonchev–Trinajstić information content (AvgIpc) is 2.33. The first-order chi connectivity index (χ1) is 8.15. The third-order valence-corrected chi connectivity index (χ3v) is 3.40. The van der Waals surface area contributed by atoms with Crippen LogP contribution in [0.4, 0.5) is 0 Å². The van der Waals surface area contributed by atoms with E-state index in [-0.39, 0.29) is 5.78 Å². The highest BCUT2D eigenvalue weighted by Crippen LogP contribution is 2.13. The van der Waals surface area contributed by atoms with Crippen LogP contribution in [0, 0.1) is 0 Å². The summed E-state index contributed by atoms with van der Waals surface area (Å²) in [5.41, 5.74) is 7.93. The van der Waals surface area contributed by atoms with E-state index < -0.39 is 0 Å². The van der Waals surface area contributed by atoms with E-state index >= 15 is 0 Å². The lowest BCUT2D eigenvalue weighted by Crippen LogP contribution is -2.39. The van der Waals surface area contributed by atoms with Crippen molar-refractivity contribution in [2.75, 3.05) is 13.1 Å². The van der Waals surface area contributed by atoms with Gasteiger partial charge in [0, 0.05) is 18.2 Å². The van der Waals surface area contributed by atoms with Crippen molar-refractivity contribution in [1.82, 2.24) is 4.90 Å². The van der Waals surface area contributed by atoms with Crippen LogP contribution in [-0.2, 0) is 6.54 Å². The zero-order valence-corrected chi connectivity index (χ0v) is 10.4. The Morgan fingerprint density at radius 1 is 1.29 bits per heavy atom. The molecule has 3 heteroatoms. The van der Waals surface area contributed by atoms with Crippen molar-refractivity contribution >= 4 is 5.78 Å². The van der Waals surface area contributed by atoms with E-state index in [9.17, 15) is 4.79 Å². The Kier molecular flexibility index (Phi) is 3.92. The monoisotopic (exact) mass is 232 g/mol. The van der Waals surface area contributed by atoms with Crippen LogP contribution in [-0.4, -0.2) is 29.8 Å². The van der Waals surface area contributed by atoms with Gasteiger partial charge in [-0.25, -0.2) is 0 Å². The van der Waals surface area contributed by atoms with Gasteiger partial charge in [0.05, 0.1) is 0 Å². The van der Waals surface area contributed by atoms with Crippen LogP contribution in [0.3, 0.4) is 0 Å². The number of rotatable bonds is 3. The molecule has 1 aromatic carbocycles. The second kappa shape index (κ2) is 5.43. The fourth-order valence-corrected chi connectivity index (χ4v) is 2.21. The second-order valence-electron chi connectivity index (χ2n) is 4.87. The first-order valence-electron chi connectivity index (χ1n) is 6.23. The lowest BCUT2D eigenvalue weighted by atomic mass is 10.0. The largest absolute Gasteiger partial charge is 0.328 e. The lowest BCUT2D eigenvalue weighted by Gasteiger charge is -2.30. The molecule has 1 saturated heterocycles. The van der Waals surface area contributed by atoms with Crippen LogP contribution in [0.5, 0.6) is 0 Å². The Hall–Kier alpha value is -1.19. The van der Waals surface area contributed by atoms with Gasteiger partial charge in [0.15, 0.2) is 5.78 Å². The summed E-state index contributed by atoms with van der Waals surface area (Å²) in [5, 5.41) is 0. The van der Waals surface area contributed by atoms with Crippen molar-refractivity contribution in [3.63, 3.8) is 0 Å². The van der Waals surface area contributed by atoms with Gasteiger partial charge < -0.3 is 5.73 Å². The van der Waals surface area contributed by atoms with E-state index in [4.69, 9.17) is 5.73 Å². The summed E-state index contributed by atoms with van der Waals surface area (Å²) in [6, 6.07) is 8.29. The van der Waals surface area contributed by atoms with Crippen molar-refractivity contribution in [3.05, 3.63) is 35.4 Å². The number of Topliss-reactive ketones (excluding diaryl/α,β-unsaturated/α-hetero) is 1. The normalized spacial score (nSPS) is 18.2. The van der Waals surface area contributed by atoms with Gasteiger partial charge in [-0.3, -0.25) is 9.69 Å². The van der Waals surface area contributed by atoms with Gasteiger partial charge in [0.25, 0.3) is 0 Å². The minimum Gasteiger partial charge on any atom is -0.328 e. The Balaban J connectivity index is 1.92. The minimum atomic E-state index is 0.125.